The molecule has 4 aliphatic carbocycles. The molecule has 0 aliphatic heterocycles. The number of esters is 1. The topological polar surface area (TPSA) is 105 Å². The average molecular weight is 587 g/mol. The molecule has 4 saturated carbocycles. The summed E-state index contributed by atoms with van der Waals surface area (Å²) >= 11 is 0. The van der Waals surface area contributed by atoms with Crippen LogP contribution in [0.5, 0.6) is 0 Å². The third-order valence-corrected chi connectivity index (χ3v) is 8.07. The van der Waals surface area contributed by atoms with E-state index in [1.807, 2.05) is 0 Å². The largest absolute Gasteiger partial charge is 0.512 e. The van der Waals surface area contributed by atoms with Crippen molar-refractivity contribution in [3.63, 3.8) is 0 Å². The van der Waals surface area contributed by atoms with Crippen LogP contribution in [0.3, 0.4) is 0 Å². The number of alkyl halides is 7. The van der Waals surface area contributed by atoms with Crippen LogP contribution in [0.1, 0.15) is 64.7 Å². The lowest BCUT2D eigenvalue weighted by atomic mass is 9.54. The van der Waals surface area contributed by atoms with Gasteiger partial charge >= 0.3 is 35.3 Å². The van der Waals surface area contributed by atoms with Crippen molar-refractivity contribution in [2.75, 3.05) is 13.2 Å². The maximum absolute atomic E-state index is 14.1. The molecule has 4 aliphatic rings. The Morgan fingerprint density at radius 3 is 1.87 bits per heavy atom. The first kappa shape index (κ1) is 30.7. The number of carbonyl (C=O) groups excluding carboxylic acids is 2. The van der Waals surface area contributed by atoms with Crippen LogP contribution in [-0.2, 0) is 34.4 Å². The molecule has 220 valence electrons. The van der Waals surface area contributed by atoms with E-state index >= 15 is 0 Å². The van der Waals surface area contributed by atoms with E-state index in [2.05, 4.69) is 14.2 Å². The van der Waals surface area contributed by atoms with E-state index in [-0.39, 0.29) is 17.8 Å². The first-order chi connectivity index (χ1) is 17.5. The molecule has 38 heavy (non-hydrogen) atoms. The monoisotopic (exact) mass is 586 g/mol. The molecule has 4 bridgehead atoms. The Morgan fingerprint density at radius 1 is 0.895 bits per heavy atom. The van der Waals surface area contributed by atoms with Gasteiger partial charge in [0.05, 0.1) is 13.2 Å². The van der Waals surface area contributed by atoms with Gasteiger partial charge in [-0.25, -0.2) is 18.0 Å². The van der Waals surface area contributed by atoms with E-state index < -0.39 is 84.0 Å². The van der Waals surface area contributed by atoms with E-state index in [4.69, 9.17) is 4.74 Å². The molecule has 1 atom stereocenters. The Bertz CT molecular complexity index is 925. The minimum atomic E-state index is -5.70. The van der Waals surface area contributed by atoms with Gasteiger partial charge in [0.15, 0.2) is 0 Å². The summed E-state index contributed by atoms with van der Waals surface area (Å²) in [5.74, 6) is -10.7. The van der Waals surface area contributed by atoms with Gasteiger partial charge in [-0.2, -0.15) is 30.7 Å². The Morgan fingerprint density at radius 2 is 1.42 bits per heavy atom. The van der Waals surface area contributed by atoms with Gasteiger partial charge < -0.3 is 18.9 Å². The zero-order valence-electron chi connectivity index (χ0n) is 20.4. The summed E-state index contributed by atoms with van der Waals surface area (Å²) < 4.78 is 135. The zero-order chi connectivity index (χ0) is 28.6. The maximum atomic E-state index is 14.1. The predicted octanol–water partition coefficient (Wildman–Crippen LogP) is 4.96. The number of rotatable bonds is 12. The minimum Gasteiger partial charge on any atom is -0.461 e. The summed E-state index contributed by atoms with van der Waals surface area (Å²) in [4.78, 5) is 25.0. The Kier molecular flexibility index (Phi) is 8.86. The van der Waals surface area contributed by atoms with Crippen molar-refractivity contribution >= 4 is 22.8 Å². The van der Waals surface area contributed by atoms with Gasteiger partial charge in [0.1, 0.15) is 5.60 Å². The quantitative estimate of drug-likeness (QED) is 0.113. The second-order valence-electron chi connectivity index (χ2n) is 10.2. The molecule has 4 fully saturated rings. The van der Waals surface area contributed by atoms with E-state index in [0.717, 1.165) is 19.3 Å². The fraction of sp³-hybridized carbons (Fsp3) is 0.909. The molecular formula is C22H29F7O8S. The highest BCUT2D eigenvalue weighted by Crippen LogP contribution is 2.57. The summed E-state index contributed by atoms with van der Waals surface area (Å²) in [6.45, 7) is -0.549. The molecule has 0 spiro atoms. The molecule has 0 aromatic carbocycles. The van der Waals surface area contributed by atoms with Crippen molar-refractivity contribution < 1.29 is 67.7 Å². The van der Waals surface area contributed by atoms with Crippen LogP contribution in [0.15, 0.2) is 0 Å². The van der Waals surface area contributed by atoms with Crippen LogP contribution < -0.4 is 0 Å². The Balaban J connectivity index is 1.69. The van der Waals surface area contributed by atoms with Crippen molar-refractivity contribution in [1.29, 1.82) is 0 Å². The van der Waals surface area contributed by atoms with Crippen LogP contribution >= 0.6 is 0 Å². The number of halogens is 7. The second kappa shape index (κ2) is 11.0. The molecule has 4 rings (SSSR count). The summed E-state index contributed by atoms with van der Waals surface area (Å²) in [6, 6.07) is 0. The number of ether oxygens (including phenoxy) is 4. The van der Waals surface area contributed by atoms with Gasteiger partial charge in [-0.05, 0) is 76.0 Å². The van der Waals surface area contributed by atoms with Crippen LogP contribution in [0, 0.1) is 17.8 Å². The summed E-state index contributed by atoms with van der Waals surface area (Å²) in [5.41, 5.74) is -1.03. The van der Waals surface area contributed by atoms with Crippen LogP contribution in [0.25, 0.3) is 0 Å². The highest BCUT2D eigenvalue weighted by Gasteiger charge is 2.68. The lowest BCUT2D eigenvalue weighted by Gasteiger charge is -2.55. The van der Waals surface area contributed by atoms with Crippen molar-refractivity contribution in [3.05, 3.63) is 0 Å². The standard InChI is InChI=1S/C22H29F7O8S/c1-2-34-16(30)20(21(25,26)27,35-6-4-3-5-19(23,24)22(28,29)38(32)33)37-17(31)36-18-10-13-7-14(11-18)9-15(8-13)12-18/h13-15,38H,2-12H2,1H3. The summed E-state index contributed by atoms with van der Waals surface area (Å²) in [6.07, 6.45) is -6.75. The van der Waals surface area contributed by atoms with Gasteiger partial charge in [0.2, 0.25) is 10.7 Å². The first-order valence-electron chi connectivity index (χ1n) is 12.2. The number of thiol groups is 1. The molecule has 0 aromatic heterocycles. The highest BCUT2D eigenvalue weighted by molar-refractivity contribution is 7.73. The molecule has 0 heterocycles. The zero-order valence-corrected chi connectivity index (χ0v) is 21.3. The SMILES string of the molecule is CCOC(=O)C(OCCCCC(F)(F)C(F)(F)[SH](=O)=O)(OC(=O)OC12CC3CC(CC(C3)C1)C2)C(F)(F)F. The van der Waals surface area contributed by atoms with E-state index in [1.165, 1.54) is 6.92 Å². The minimum absolute atomic E-state index is 0.257. The fourth-order valence-corrected chi connectivity index (χ4v) is 6.41. The predicted molar refractivity (Wildman–Crippen MR) is 114 cm³/mol. The van der Waals surface area contributed by atoms with Gasteiger partial charge in [-0.3, -0.25) is 0 Å². The maximum Gasteiger partial charge on any atom is 0.512 e. The molecule has 1 unspecified atom stereocenters. The molecule has 8 nitrogen and oxygen atoms in total. The summed E-state index contributed by atoms with van der Waals surface area (Å²) in [7, 11) is -4.82. The van der Waals surface area contributed by atoms with Gasteiger partial charge in [0.25, 0.3) is 0 Å². The highest BCUT2D eigenvalue weighted by atomic mass is 32.2. The van der Waals surface area contributed by atoms with Crippen molar-refractivity contribution in [2.24, 2.45) is 17.8 Å². The van der Waals surface area contributed by atoms with Crippen LogP contribution in [0.4, 0.5) is 35.5 Å². The second-order valence-corrected chi connectivity index (χ2v) is 11.3. The Labute approximate surface area is 215 Å². The third-order valence-electron chi connectivity index (χ3n) is 7.29. The van der Waals surface area contributed by atoms with Crippen molar-refractivity contribution in [1.82, 2.24) is 0 Å². The van der Waals surface area contributed by atoms with Crippen LogP contribution in [-0.4, -0.2) is 62.5 Å². The lowest BCUT2D eigenvalue weighted by Crippen LogP contribution is -2.59. The molecule has 0 saturated heterocycles. The number of carbonyl (C=O) groups is 2. The van der Waals surface area contributed by atoms with Crippen molar-refractivity contribution in [2.45, 2.75) is 93.5 Å². The normalized spacial score (nSPS) is 28.7. The van der Waals surface area contributed by atoms with Gasteiger partial charge in [0, 0.05) is 6.42 Å². The van der Waals surface area contributed by atoms with E-state index in [9.17, 15) is 48.7 Å². The summed E-state index contributed by atoms with van der Waals surface area (Å²) in [5, 5.41) is -5.37. The van der Waals surface area contributed by atoms with E-state index in [1.54, 1.807) is 0 Å². The first-order valence-corrected chi connectivity index (χ1v) is 13.3. The molecular weight excluding hydrogens is 557 g/mol. The van der Waals surface area contributed by atoms with Gasteiger partial charge in [-0.15, -0.1) is 0 Å². The lowest BCUT2D eigenvalue weighted by molar-refractivity contribution is -0.356. The van der Waals surface area contributed by atoms with Gasteiger partial charge in [-0.1, -0.05) is 0 Å². The molecule has 0 amide bonds. The third kappa shape index (κ3) is 6.15. The van der Waals surface area contributed by atoms with Crippen molar-refractivity contribution in [3.8, 4) is 0 Å². The number of hydrogen-bond donors (Lipinski definition) is 1. The van der Waals surface area contributed by atoms with E-state index in [0.29, 0.717) is 19.3 Å². The molecule has 16 heteroatoms. The Hall–Kier alpha value is -1.84. The fourth-order valence-electron chi connectivity index (χ4n) is 6.03. The number of unbranched alkanes of at least 4 members (excludes halogenated alkanes) is 1. The number of hydrogen-bond acceptors (Lipinski definition) is 8. The smallest absolute Gasteiger partial charge is 0.461 e. The molecule has 0 aromatic rings. The molecule has 0 radical (unpaired) electrons. The molecule has 0 N–H and O–H groups in total. The van der Waals surface area contributed by atoms with Crippen LogP contribution in [0.2, 0.25) is 0 Å². The average Bonchev–Trinajstić information content (AvgIpc) is 2.75.